The zero-order valence-electron chi connectivity index (χ0n) is 9.37. The minimum Gasteiger partial charge on any atom is -0.325 e. The SMILES string of the molecule is CC(C)(C)C(=O)Nc1cccc(CN)n1. The molecule has 1 heterocycles. The number of rotatable bonds is 2. The van der Waals surface area contributed by atoms with Crippen LogP contribution >= 0.6 is 0 Å². The summed E-state index contributed by atoms with van der Waals surface area (Å²) >= 11 is 0. The van der Waals surface area contributed by atoms with Crippen LogP contribution < -0.4 is 11.1 Å². The molecule has 1 aromatic heterocycles. The predicted octanol–water partition coefficient (Wildman–Crippen LogP) is 1.52. The minimum atomic E-state index is -0.416. The first-order valence-electron chi connectivity index (χ1n) is 4.91. The van der Waals surface area contributed by atoms with Crippen LogP contribution in [0.5, 0.6) is 0 Å². The maximum Gasteiger partial charge on any atom is 0.230 e. The third-order valence-electron chi connectivity index (χ3n) is 1.94. The molecule has 0 radical (unpaired) electrons. The summed E-state index contributed by atoms with van der Waals surface area (Å²) < 4.78 is 0. The number of nitrogens with zero attached hydrogens (tertiary/aromatic N) is 1. The molecule has 3 N–H and O–H groups in total. The minimum absolute atomic E-state index is 0.0517. The highest BCUT2D eigenvalue weighted by Crippen LogP contribution is 2.16. The summed E-state index contributed by atoms with van der Waals surface area (Å²) in [6.45, 7) is 5.94. The summed E-state index contributed by atoms with van der Waals surface area (Å²) in [4.78, 5) is 15.8. The van der Waals surface area contributed by atoms with E-state index in [2.05, 4.69) is 10.3 Å². The molecule has 4 heteroatoms. The third-order valence-corrected chi connectivity index (χ3v) is 1.94. The number of amides is 1. The quantitative estimate of drug-likeness (QED) is 0.772. The fraction of sp³-hybridized carbons (Fsp3) is 0.455. The number of carbonyl (C=O) groups is 1. The van der Waals surface area contributed by atoms with E-state index < -0.39 is 5.41 Å². The summed E-state index contributed by atoms with van der Waals surface area (Å²) in [5, 5.41) is 2.75. The first kappa shape index (κ1) is 11.7. The Morgan fingerprint density at radius 2 is 2.13 bits per heavy atom. The largest absolute Gasteiger partial charge is 0.325 e. The molecule has 4 nitrogen and oxygen atoms in total. The van der Waals surface area contributed by atoms with Crippen molar-refractivity contribution in [2.45, 2.75) is 27.3 Å². The molecule has 0 aliphatic rings. The summed E-state index contributed by atoms with van der Waals surface area (Å²) in [5.41, 5.74) is 5.81. The van der Waals surface area contributed by atoms with Crippen LogP contribution in [0.15, 0.2) is 18.2 Å². The van der Waals surface area contributed by atoms with E-state index in [0.29, 0.717) is 12.4 Å². The number of nitrogens with two attached hydrogens (primary N) is 1. The first-order valence-corrected chi connectivity index (χ1v) is 4.91. The summed E-state index contributed by atoms with van der Waals surface area (Å²) in [6, 6.07) is 5.41. The van der Waals surface area contributed by atoms with Crippen LogP contribution in [0.4, 0.5) is 5.82 Å². The molecule has 0 fully saturated rings. The van der Waals surface area contributed by atoms with Crippen LogP contribution in [-0.2, 0) is 11.3 Å². The summed E-state index contributed by atoms with van der Waals surface area (Å²) in [6.07, 6.45) is 0. The molecule has 82 valence electrons. The molecular formula is C11H17N3O. The second-order valence-corrected chi connectivity index (χ2v) is 4.42. The van der Waals surface area contributed by atoms with Crippen LogP contribution in [0.1, 0.15) is 26.5 Å². The van der Waals surface area contributed by atoms with E-state index in [9.17, 15) is 4.79 Å². The third kappa shape index (κ3) is 3.32. The van der Waals surface area contributed by atoms with Gasteiger partial charge in [0.2, 0.25) is 5.91 Å². The van der Waals surface area contributed by atoms with Gasteiger partial charge in [-0.1, -0.05) is 26.8 Å². The van der Waals surface area contributed by atoms with E-state index in [0.717, 1.165) is 5.69 Å². The molecule has 0 bridgehead atoms. The van der Waals surface area contributed by atoms with Gasteiger partial charge in [-0.2, -0.15) is 0 Å². The topological polar surface area (TPSA) is 68.0 Å². The van der Waals surface area contributed by atoms with Gasteiger partial charge in [-0.25, -0.2) is 4.98 Å². The molecule has 0 aromatic carbocycles. The van der Waals surface area contributed by atoms with Gasteiger partial charge < -0.3 is 11.1 Å². The zero-order valence-corrected chi connectivity index (χ0v) is 9.37. The van der Waals surface area contributed by atoms with Crippen molar-refractivity contribution in [1.29, 1.82) is 0 Å². The van der Waals surface area contributed by atoms with Gasteiger partial charge in [0.25, 0.3) is 0 Å². The van der Waals surface area contributed by atoms with Crippen LogP contribution in [-0.4, -0.2) is 10.9 Å². The first-order chi connectivity index (χ1) is 6.93. The number of hydrogen-bond donors (Lipinski definition) is 2. The molecule has 1 rings (SSSR count). The standard InChI is InChI=1S/C11H17N3O/c1-11(2,3)10(15)14-9-6-4-5-8(7-12)13-9/h4-6H,7,12H2,1-3H3,(H,13,14,15). The Bertz CT molecular complexity index is 355. The van der Waals surface area contributed by atoms with Crippen molar-refractivity contribution in [1.82, 2.24) is 4.98 Å². The van der Waals surface area contributed by atoms with Crippen molar-refractivity contribution in [2.24, 2.45) is 11.1 Å². The lowest BCUT2D eigenvalue weighted by atomic mass is 9.96. The highest BCUT2D eigenvalue weighted by molar-refractivity contribution is 5.93. The van der Waals surface area contributed by atoms with Crippen molar-refractivity contribution < 1.29 is 4.79 Å². The number of carbonyl (C=O) groups excluding carboxylic acids is 1. The van der Waals surface area contributed by atoms with Gasteiger partial charge in [0, 0.05) is 12.0 Å². The van der Waals surface area contributed by atoms with E-state index in [1.807, 2.05) is 32.9 Å². The van der Waals surface area contributed by atoms with E-state index in [1.165, 1.54) is 0 Å². The fourth-order valence-electron chi connectivity index (χ4n) is 0.967. The van der Waals surface area contributed by atoms with Crippen LogP contribution in [0, 0.1) is 5.41 Å². The van der Waals surface area contributed by atoms with Crippen molar-refractivity contribution in [3.8, 4) is 0 Å². The number of hydrogen-bond acceptors (Lipinski definition) is 3. The number of aromatic nitrogens is 1. The van der Waals surface area contributed by atoms with E-state index in [4.69, 9.17) is 5.73 Å². The Kier molecular flexibility index (Phi) is 3.42. The van der Waals surface area contributed by atoms with Gasteiger partial charge in [-0.05, 0) is 12.1 Å². The Morgan fingerprint density at radius 3 is 2.67 bits per heavy atom. The normalized spacial score (nSPS) is 11.2. The molecule has 0 atom stereocenters. The molecule has 1 aromatic rings. The maximum absolute atomic E-state index is 11.7. The second kappa shape index (κ2) is 4.40. The highest BCUT2D eigenvalue weighted by Gasteiger charge is 2.21. The van der Waals surface area contributed by atoms with Crippen LogP contribution in [0.25, 0.3) is 0 Å². The van der Waals surface area contributed by atoms with Crippen molar-refractivity contribution >= 4 is 11.7 Å². The molecule has 0 spiro atoms. The van der Waals surface area contributed by atoms with Crippen molar-refractivity contribution in [2.75, 3.05) is 5.32 Å². The maximum atomic E-state index is 11.7. The monoisotopic (exact) mass is 207 g/mol. The average molecular weight is 207 g/mol. The van der Waals surface area contributed by atoms with Gasteiger partial charge in [0.05, 0.1) is 5.69 Å². The van der Waals surface area contributed by atoms with Gasteiger partial charge in [0.1, 0.15) is 5.82 Å². The fourth-order valence-corrected chi connectivity index (χ4v) is 0.967. The van der Waals surface area contributed by atoms with Gasteiger partial charge >= 0.3 is 0 Å². The average Bonchev–Trinajstić information content (AvgIpc) is 2.16. The smallest absolute Gasteiger partial charge is 0.230 e. The summed E-state index contributed by atoms with van der Waals surface area (Å²) in [5.74, 6) is 0.502. The van der Waals surface area contributed by atoms with Crippen molar-refractivity contribution in [3.63, 3.8) is 0 Å². The Morgan fingerprint density at radius 1 is 1.47 bits per heavy atom. The Balaban J connectivity index is 2.77. The van der Waals surface area contributed by atoms with E-state index in [-0.39, 0.29) is 5.91 Å². The van der Waals surface area contributed by atoms with E-state index >= 15 is 0 Å². The lowest BCUT2D eigenvalue weighted by Crippen LogP contribution is -2.28. The molecule has 0 aliphatic heterocycles. The Labute approximate surface area is 89.9 Å². The van der Waals surface area contributed by atoms with Crippen LogP contribution in [0.2, 0.25) is 0 Å². The molecular weight excluding hydrogens is 190 g/mol. The van der Waals surface area contributed by atoms with Crippen LogP contribution in [0.3, 0.4) is 0 Å². The highest BCUT2D eigenvalue weighted by atomic mass is 16.2. The van der Waals surface area contributed by atoms with Gasteiger partial charge in [0.15, 0.2) is 0 Å². The second-order valence-electron chi connectivity index (χ2n) is 4.42. The Hall–Kier alpha value is -1.42. The predicted molar refractivity (Wildman–Crippen MR) is 60.2 cm³/mol. The lowest BCUT2D eigenvalue weighted by Gasteiger charge is -2.17. The lowest BCUT2D eigenvalue weighted by molar-refractivity contribution is -0.123. The number of nitrogens with one attached hydrogen (secondary N) is 1. The summed E-state index contributed by atoms with van der Waals surface area (Å²) in [7, 11) is 0. The zero-order chi connectivity index (χ0) is 11.5. The molecule has 1 amide bonds. The molecule has 0 saturated heterocycles. The number of anilines is 1. The molecule has 0 unspecified atom stereocenters. The molecule has 0 saturated carbocycles. The van der Waals surface area contributed by atoms with Gasteiger partial charge in [-0.3, -0.25) is 4.79 Å². The van der Waals surface area contributed by atoms with Crippen molar-refractivity contribution in [3.05, 3.63) is 23.9 Å². The molecule has 15 heavy (non-hydrogen) atoms. The van der Waals surface area contributed by atoms with E-state index in [1.54, 1.807) is 6.07 Å². The number of pyridine rings is 1. The van der Waals surface area contributed by atoms with Gasteiger partial charge in [-0.15, -0.1) is 0 Å². The molecule has 0 aliphatic carbocycles.